The second-order valence-electron chi connectivity index (χ2n) is 5.07. The van der Waals surface area contributed by atoms with Crippen LogP contribution in [-0.2, 0) is 19.0 Å². The highest BCUT2D eigenvalue weighted by Gasteiger charge is 2.50. The number of carbonyl (C=O) groups is 1. The largest absolute Gasteiger partial charge is 0.466 e. The summed E-state index contributed by atoms with van der Waals surface area (Å²) < 4.78 is 15.8. The lowest BCUT2D eigenvalue weighted by atomic mass is 9.70. The molecule has 0 radical (unpaired) electrons. The van der Waals surface area contributed by atoms with Crippen molar-refractivity contribution in [2.45, 2.75) is 37.8 Å². The molecule has 1 saturated heterocycles. The van der Waals surface area contributed by atoms with E-state index in [1.807, 2.05) is 6.92 Å². The zero-order valence-electron chi connectivity index (χ0n) is 11.3. The van der Waals surface area contributed by atoms with Crippen LogP contribution in [0.2, 0.25) is 0 Å². The molecule has 104 valence electrons. The fraction of sp³-hybridized carbons (Fsp3) is 0.923. The summed E-state index contributed by atoms with van der Waals surface area (Å²) in [5, 5.41) is 0. The number of morpholine rings is 1. The van der Waals surface area contributed by atoms with Gasteiger partial charge in [-0.25, -0.2) is 0 Å². The number of carbonyl (C=O) groups excluding carboxylic acids is 1. The summed E-state index contributed by atoms with van der Waals surface area (Å²) >= 11 is 0. The van der Waals surface area contributed by atoms with Crippen LogP contribution >= 0.6 is 0 Å². The zero-order valence-corrected chi connectivity index (χ0v) is 11.3. The summed E-state index contributed by atoms with van der Waals surface area (Å²) in [5.41, 5.74) is -0.0588. The van der Waals surface area contributed by atoms with Crippen LogP contribution in [0.3, 0.4) is 0 Å². The second kappa shape index (κ2) is 5.99. The molecule has 0 spiro atoms. The molecule has 0 N–H and O–H groups in total. The molecule has 0 aromatic rings. The van der Waals surface area contributed by atoms with Crippen molar-refractivity contribution in [2.24, 2.45) is 0 Å². The minimum atomic E-state index is -0.0986. The van der Waals surface area contributed by atoms with E-state index < -0.39 is 0 Å². The molecule has 2 aliphatic rings. The van der Waals surface area contributed by atoms with Crippen LogP contribution < -0.4 is 0 Å². The van der Waals surface area contributed by atoms with E-state index in [0.29, 0.717) is 13.0 Å². The Bertz CT molecular complexity index is 283. The lowest BCUT2D eigenvalue weighted by Crippen LogP contribution is -2.63. The van der Waals surface area contributed by atoms with Gasteiger partial charge < -0.3 is 14.2 Å². The molecule has 0 aromatic heterocycles. The van der Waals surface area contributed by atoms with Crippen molar-refractivity contribution in [3.63, 3.8) is 0 Å². The summed E-state index contributed by atoms with van der Waals surface area (Å²) in [6, 6.07) is 0. The van der Waals surface area contributed by atoms with Crippen molar-refractivity contribution in [2.75, 3.05) is 40.0 Å². The molecule has 0 bridgehead atoms. The molecular formula is C13H23NO4. The van der Waals surface area contributed by atoms with E-state index in [4.69, 9.17) is 14.2 Å². The van der Waals surface area contributed by atoms with Crippen LogP contribution in [0.15, 0.2) is 0 Å². The molecule has 2 fully saturated rings. The average molecular weight is 257 g/mol. The Balaban J connectivity index is 1.97. The van der Waals surface area contributed by atoms with E-state index in [1.54, 1.807) is 7.11 Å². The van der Waals surface area contributed by atoms with Crippen LogP contribution in [-0.4, -0.2) is 62.5 Å². The first-order chi connectivity index (χ1) is 8.70. The Morgan fingerprint density at radius 1 is 1.39 bits per heavy atom. The zero-order chi connectivity index (χ0) is 13.0. The second-order valence-corrected chi connectivity index (χ2v) is 5.07. The lowest BCUT2D eigenvalue weighted by Gasteiger charge is -2.54. The van der Waals surface area contributed by atoms with Gasteiger partial charge in [0.2, 0.25) is 0 Å². The Kier molecular flexibility index (Phi) is 4.59. The van der Waals surface area contributed by atoms with Crippen LogP contribution in [0.1, 0.15) is 26.2 Å². The molecule has 5 nitrogen and oxygen atoms in total. The summed E-state index contributed by atoms with van der Waals surface area (Å²) in [6.07, 6.45) is 2.59. The highest BCUT2D eigenvalue weighted by atomic mass is 16.5. The third-order valence-corrected chi connectivity index (χ3v) is 4.01. The van der Waals surface area contributed by atoms with Crippen LogP contribution in [0.4, 0.5) is 0 Å². The van der Waals surface area contributed by atoms with Gasteiger partial charge in [-0.05, 0) is 19.8 Å². The number of rotatable bonds is 5. The van der Waals surface area contributed by atoms with Crippen LogP contribution in [0.25, 0.3) is 0 Å². The molecule has 18 heavy (non-hydrogen) atoms. The predicted octanol–water partition coefficient (Wildman–Crippen LogP) is 0.819. The fourth-order valence-corrected chi connectivity index (χ4v) is 2.99. The lowest BCUT2D eigenvalue weighted by molar-refractivity contribution is -0.159. The molecule has 0 unspecified atom stereocenters. The van der Waals surface area contributed by atoms with E-state index in [2.05, 4.69) is 4.90 Å². The highest BCUT2D eigenvalue weighted by molar-refractivity contribution is 5.71. The molecule has 5 heteroatoms. The summed E-state index contributed by atoms with van der Waals surface area (Å²) in [6.45, 7) is 5.60. The van der Waals surface area contributed by atoms with E-state index in [9.17, 15) is 4.79 Å². The average Bonchev–Trinajstić information content (AvgIpc) is 2.34. The molecule has 1 aliphatic carbocycles. The highest BCUT2D eigenvalue weighted by Crippen LogP contribution is 2.42. The van der Waals surface area contributed by atoms with Crippen molar-refractivity contribution in [1.29, 1.82) is 0 Å². The number of methoxy groups -OCH3 is 1. The molecule has 0 amide bonds. The first kappa shape index (κ1) is 13.8. The number of esters is 1. The summed E-state index contributed by atoms with van der Waals surface area (Å²) in [7, 11) is 1.73. The van der Waals surface area contributed by atoms with Crippen molar-refractivity contribution in [3.8, 4) is 0 Å². The maximum atomic E-state index is 11.8. The Hall–Kier alpha value is -0.650. The van der Waals surface area contributed by atoms with Gasteiger partial charge in [0, 0.05) is 25.7 Å². The third-order valence-electron chi connectivity index (χ3n) is 4.01. The van der Waals surface area contributed by atoms with Crippen molar-refractivity contribution in [3.05, 3.63) is 0 Å². The summed E-state index contributed by atoms with van der Waals surface area (Å²) in [4.78, 5) is 14.1. The molecule has 2 rings (SSSR count). The van der Waals surface area contributed by atoms with E-state index in [0.717, 1.165) is 39.1 Å². The van der Waals surface area contributed by atoms with Crippen molar-refractivity contribution >= 4 is 5.97 Å². The SMILES string of the molecule is CCOC(=O)CC1(N2CCOCC2)CC(OC)C1. The van der Waals surface area contributed by atoms with Gasteiger partial charge in [0.15, 0.2) is 0 Å². The Morgan fingerprint density at radius 3 is 2.61 bits per heavy atom. The standard InChI is InChI=1S/C13H23NO4/c1-3-18-12(15)10-13(8-11(9-13)16-2)14-4-6-17-7-5-14/h11H,3-10H2,1-2H3. The minimum Gasteiger partial charge on any atom is -0.466 e. The van der Waals surface area contributed by atoms with Gasteiger partial charge in [0.05, 0.1) is 32.3 Å². The number of nitrogens with zero attached hydrogens (tertiary/aromatic N) is 1. The van der Waals surface area contributed by atoms with Gasteiger partial charge in [0.1, 0.15) is 0 Å². The van der Waals surface area contributed by atoms with Gasteiger partial charge in [-0.15, -0.1) is 0 Å². The summed E-state index contributed by atoms with van der Waals surface area (Å²) in [5.74, 6) is -0.0986. The molecule has 0 atom stereocenters. The number of ether oxygens (including phenoxy) is 3. The van der Waals surface area contributed by atoms with Crippen LogP contribution in [0, 0.1) is 0 Å². The van der Waals surface area contributed by atoms with Gasteiger partial charge in [-0.1, -0.05) is 0 Å². The van der Waals surface area contributed by atoms with E-state index in [1.165, 1.54) is 0 Å². The molecule has 1 aliphatic heterocycles. The van der Waals surface area contributed by atoms with Crippen molar-refractivity contribution < 1.29 is 19.0 Å². The number of hydrogen-bond acceptors (Lipinski definition) is 5. The predicted molar refractivity (Wildman–Crippen MR) is 66.4 cm³/mol. The monoisotopic (exact) mass is 257 g/mol. The topological polar surface area (TPSA) is 48.0 Å². The first-order valence-electron chi connectivity index (χ1n) is 6.71. The smallest absolute Gasteiger partial charge is 0.307 e. The Morgan fingerprint density at radius 2 is 2.06 bits per heavy atom. The molecule has 1 heterocycles. The quantitative estimate of drug-likeness (QED) is 0.682. The van der Waals surface area contributed by atoms with Gasteiger partial charge in [-0.3, -0.25) is 9.69 Å². The van der Waals surface area contributed by atoms with E-state index >= 15 is 0 Å². The fourth-order valence-electron chi connectivity index (χ4n) is 2.99. The maximum Gasteiger partial charge on any atom is 0.307 e. The maximum absolute atomic E-state index is 11.8. The van der Waals surface area contributed by atoms with Crippen LogP contribution in [0.5, 0.6) is 0 Å². The number of hydrogen-bond donors (Lipinski definition) is 0. The normalized spacial score (nSPS) is 32.9. The van der Waals surface area contributed by atoms with E-state index in [-0.39, 0.29) is 17.6 Å². The molecular weight excluding hydrogens is 234 g/mol. The first-order valence-corrected chi connectivity index (χ1v) is 6.71. The molecule has 1 saturated carbocycles. The van der Waals surface area contributed by atoms with Gasteiger partial charge in [-0.2, -0.15) is 0 Å². The van der Waals surface area contributed by atoms with Gasteiger partial charge in [0.25, 0.3) is 0 Å². The van der Waals surface area contributed by atoms with Crippen molar-refractivity contribution in [1.82, 2.24) is 4.90 Å². The third kappa shape index (κ3) is 2.84. The minimum absolute atomic E-state index is 0.0588. The molecule has 0 aromatic carbocycles. The Labute approximate surface area is 108 Å². The van der Waals surface area contributed by atoms with Gasteiger partial charge >= 0.3 is 5.97 Å².